The lowest BCUT2D eigenvalue weighted by Crippen LogP contribution is -1.74. The van der Waals surface area contributed by atoms with Gasteiger partial charge in [-0.1, -0.05) is 5.57 Å². The van der Waals surface area contributed by atoms with Crippen molar-refractivity contribution in [3.8, 4) is 0 Å². The highest BCUT2D eigenvalue weighted by Gasteiger charge is 1.89. The average Bonchev–Trinajstić information content (AvgIpc) is 2.40. The van der Waals surface area contributed by atoms with Crippen LogP contribution in [0.2, 0.25) is 0 Å². The molecule has 10 heavy (non-hydrogen) atoms. The number of hydrogen-bond acceptors (Lipinski definition) is 1. The van der Waals surface area contributed by atoms with Gasteiger partial charge in [-0.25, -0.2) is 0 Å². The van der Waals surface area contributed by atoms with Gasteiger partial charge < -0.3 is 4.42 Å². The molecule has 0 aliphatic heterocycles. The van der Waals surface area contributed by atoms with E-state index in [1.54, 1.807) is 6.26 Å². The van der Waals surface area contributed by atoms with Crippen LogP contribution in [0.15, 0.2) is 28.4 Å². The first-order chi connectivity index (χ1) is 4.83. The highest BCUT2D eigenvalue weighted by Crippen LogP contribution is 2.07. The Kier molecular flexibility index (Phi) is 2.57. The number of hydrogen-bond donors (Lipinski definition) is 0. The van der Waals surface area contributed by atoms with Crippen molar-refractivity contribution < 1.29 is 4.42 Å². The summed E-state index contributed by atoms with van der Waals surface area (Å²) >= 11 is 5.56. The van der Waals surface area contributed by atoms with E-state index in [4.69, 9.17) is 16.0 Å². The monoisotopic (exact) mass is 156 g/mol. The summed E-state index contributed by atoms with van der Waals surface area (Å²) in [6.45, 7) is 1.97. The summed E-state index contributed by atoms with van der Waals surface area (Å²) in [6, 6.07) is 3.75. The molecular formula is C8H9ClO. The molecule has 1 aromatic heterocycles. The van der Waals surface area contributed by atoms with Crippen LogP contribution >= 0.6 is 11.6 Å². The quantitative estimate of drug-likeness (QED) is 0.601. The predicted molar refractivity (Wildman–Crippen MR) is 43.1 cm³/mol. The summed E-state index contributed by atoms with van der Waals surface area (Å²) in [7, 11) is 0. The van der Waals surface area contributed by atoms with Crippen LogP contribution in [0.5, 0.6) is 0 Å². The summed E-state index contributed by atoms with van der Waals surface area (Å²) in [6.07, 6.45) is 3.57. The molecule has 0 atom stereocenters. The minimum absolute atomic E-state index is 0.556. The fraction of sp³-hybridized carbons (Fsp3) is 0.250. The molecule has 0 radical (unpaired) electrons. The maximum Gasteiger partial charge on any atom is 0.126 e. The molecule has 0 aliphatic rings. The van der Waals surface area contributed by atoms with Crippen molar-refractivity contribution >= 4 is 17.7 Å². The lowest BCUT2D eigenvalue weighted by molar-refractivity contribution is 0.556. The molecule has 0 amide bonds. The third-order valence-corrected chi connectivity index (χ3v) is 1.56. The van der Waals surface area contributed by atoms with E-state index in [1.807, 2.05) is 25.1 Å². The zero-order valence-corrected chi connectivity index (χ0v) is 6.56. The van der Waals surface area contributed by atoms with E-state index >= 15 is 0 Å². The number of alkyl halides is 1. The van der Waals surface area contributed by atoms with Gasteiger partial charge in [-0.2, -0.15) is 0 Å². The molecule has 1 rings (SSSR count). The van der Waals surface area contributed by atoms with Crippen LogP contribution in [0.3, 0.4) is 0 Å². The largest absolute Gasteiger partial charge is 0.465 e. The molecule has 0 aromatic carbocycles. The van der Waals surface area contributed by atoms with Crippen LogP contribution in [0, 0.1) is 0 Å². The second-order valence-corrected chi connectivity index (χ2v) is 2.41. The van der Waals surface area contributed by atoms with E-state index in [0.29, 0.717) is 5.88 Å². The Hall–Kier alpha value is -0.690. The SMILES string of the molecule is C/C(=C\c1ccco1)CCl. The van der Waals surface area contributed by atoms with E-state index < -0.39 is 0 Å². The first kappa shape index (κ1) is 7.42. The van der Waals surface area contributed by atoms with Crippen molar-refractivity contribution in [3.63, 3.8) is 0 Å². The van der Waals surface area contributed by atoms with Gasteiger partial charge in [0.05, 0.1) is 6.26 Å². The van der Waals surface area contributed by atoms with Gasteiger partial charge in [0, 0.05) is 5.88 Å². The first-order valence-corrected chi connectivity index (χ1v) is 3.63. The molecule has 2 heteroatoms. The van der Waals surface area contributed by atoms with E-state index in [1.165, 1.54) is 0 Å². The van der Waals surface area contributed by atoms with Crippen LogP contribution in [0.4, 0.5) is 0 Å². The summed E-state index contributed by atoms with van der Waals surface area (Å²) in [4.78, 5) is 0. The van der Waals surface area contributed by atoms with Crippen molar-refractivity contribution in [2.75, 3.05) is 5.88 Å². The van der Waals surface area contributed by atoms with Gasteiger partial charge in [0.1, 0.15) is 5.76 Å². The lowest BCUT2D eigenvalue weighted by Gasteiger charge is -1.89. The molecule has 0 fully saturated rings. The van der Waals surface area contributed by atoms with Gasteiger partial charge in [0.25, 0.3) is 0 Å². The molecule has 0 aliphatic carbocycles. The van der Waals surface area contributed by atoms with E-state index in [0.717, 1.165) is 11.3 Å². The van der Waals surface area contributed by atoms with Gasteiger partial charge in [-0.15, -0.1) is 11.6 Å². The summed E-state index contributed by atoms with van der Waals surface area (Å²) in [5.41, 5.74) is 1.11. The molecule has 54 valence electrons. The maximum atomic E-state index is 5.56. The average molecular weight is 157 g/mol. The van der Waals surface area contributed by atoms with Crippen molar-refractivity contribution in [3.05, 3.63) is 29.7 Å². The van der Waals surface area contributed by atoms with Gasteiger partial charge >= 0.3 is 0 Å². The fourth-order valence-electron chi connectivity index (χ4n) is 0.655. The Bertz CT molecular complexity index is 211. The van der Waals surface area contributed by atoms with E-state index in [2.05, 4.69) is 0 Å². The standard InChI is InChI=1S/C8H9ClO/c1-7(6-9)5-8-3-2-4-10-8/h2-5H,6H2,1H3/b7-5+. The molecule has 1 nitrogen and oxygen atoms in total. The fourth-order valence-corrected chi connectivity index (χ4v) is 0.732. The second kappa shape index (κ2) is 3.47. The normalized spacial score (nSPS) is 12.0. The Labute approximate surface area is 65.3 Å². The Morgan fingerprint density at radius 3 is 3.10 bits per heavy atom. The Morgan fingerprint density at radius 2 is 2.60 bits per heavy atom. The second-order valence-electron chi connectivity index (χ2n) is 2.14. The topological polar surface area (TPSA) is 13.1 Å². The highest BCUT2D eigenvalue weighted by atomic mass is 35.5. The predicted octanol–water partition coefficient (Wildman–Crippen LogP) is 2.92. The van der Waals surface area contributed by atoms with Gasteiger partial charge in [-0.3, -0.25) is 0 Å². The molecule has 0 saturated heterocycles. The van der Waals surface area contributed by atoms with Crippen LogP contribution < -0.4 is 0 Å². The molecule has 0 saturated carbocycles. The number of allylic oxidation sites excluding steroid dienone is 1. The van der Waals surface area contributed by atoms with Crippen molar-refractivity contribution in [2.24, 2.45) is 0 Å². The highest BCUT2D eigenvalue weighted by molar-refractivity contribution is 6.19. The zero-order valence-electron chi connectivity index (χ0n) is 5.80. The lowest BCUT2D eigenvalue weighted by atomic mass is 10.3. The number of furan rings is 1. The third-order valence-electron chi connectivity index (χ3n) is 1.14. The van der Waals surface area contributed by atoms with E-state index in [-0.39, 0.29) is 0 Å². The minimum atomic E-state index is 0.556. The summed E-state index contributed by atoms with van der Waals surface area (Å²) in [5, 5.41) is 0. The maximum absolute atomic E-state index is 5.56. The number of halogens is 1. The van der Waals surface area contributed by atoms with Crippen molar-refractivity contribution in [1.29, 1.82) is 0 Å². The first-order valence-electron chi connectivity index (χ1n) is 3.09. The van der Waals surface area contributed by atoms with Crippen molar-refractivity contribution in [2.45, 2.75) is 6.92 Å². The molecular weight excluding hydrogens is 148 g/mol. The third kappa shape index (κ3) is 1.92. The van der Waals surface area contributed by atoms with Crippen LogP contribution in [0.25, 0.3) is 6.08 Å². The molecule has 1 heterocycles. The van der Waals surface area contributed by atoms with Gasteiger partial charge in [0.2, 0.25) is 0 Å². The van der Waals surface area contributed by atoms with Crippen molar-refractivity contribution in [1.82, 2.24) is 0 Å². The summed E-state index contributed by atoms with van der Waals surface area (Å²) < 4.78 is 5.07. The molecule has 0 spiro atoms. The Morgan fingerprint density at radius 1 is 1.80 bits per heavy atom. The van der Waals surface area contributed by atoms with Crippen LogP contribution in [0.1, 0.15) is 12.7 Å². The Balaban J connectivity index is 2.71. The van der Waals surface area contributed by atoms with E-state index in [9.17, 15) is 0 Å². The van der Waals surface area contributed by atoms with Gasteiger partial charge in [0.15, 0.2) is 0 Å². The van der Waals surface area contributed by atoms with Gasteiger partial charge in [-0.05, 0) is 25.1 Å². The molecule has 0 N–H and O–H groups in total. The van der Waals surface area contributed by atoms with Crippen LogP contribution in [-0.4, -0.2) is 5.88 Å². The smallest absolute Gasteiger partial charge is 0.126 e. The molecule has 1 aromatic rings. The van der Waals surface area contributed by atoms with Crippen LogP contribution in [-0.2, 0) is 0 Å². The minimum Gasteiger partial charge on any atom is -0.465 e. The molecule has 0 unspecified atom stereocenters. The number of rotatable bonds is 2. The zero-order chi connectivity index (χ0) is 7.40. The molecule has 0 bridgehead atoms. The summed E-state index contributed by atoms with van der Waals surface area (Å²) in [5.74, 6) is 1.42.